The van der Waals surface area contributed by atoms with Gasteiger partial charge in [-0.15, -0.1) is 0 Å². The van der Waals surface area contributed by atoms with Gasteiger partial charge in [-0.05, 0) is 31.6 Å². The number of hydrogen-bond donors (Lipinski definition) is 2. The van der Waals surface area contributed by atoms with Crippen LogP contribution < -0.4 is 10.6 Å². The lowest BCUT2D eigenvalue weighted by molar-refractivity contribution is -0.125. The lowest BCUT2D eigenvalue weighted by Crippen LogP contribution is -2.34. The van der Waals surface area contributed by atoms with Crippen LogP contribution in [0.15, 0.2) is 12.4 Å². The van der Waals surface area contributed by atoms with Crippen molar-refractivity contribution in [2.45, 2.75) is 51.5 Å². The van der Waals surface area contributed by atoms with Crippen molar-refractivity contribution in [3.63, 3.8) is 0 Å². The summed E-state index contributed by atoms with van der Waals surface area (Å²) in [6.07, 6.45) is 5.53. The van der Waals surface area contributed by atoms with E-state index in [-0.39, 0.29) is 11.8 Å². The second kappa shape index (κ2) is 6.68. The summed E-state index contributed by atoms with van der Waals surface area (Å²) in [5.74, 6) is 1.65. The Morgan fingerprint density at radius 1 is 1.25 bits per heavy atom. The van der Waals surface area contributed by atoms with Crippen molar-refractivity contribution in [1.29, 1.82) is 0 Å². The summed E-state index contributed by atoms with van der Waals surface area (Å²) in [6, 6.07) is 2.43. The molecule has 110 valence electrons. The van der Waals surface area contributed by atoms with Crippen molar-refractivity contribution >= 4 is 11.7 Å². The highest BCUT2D eigenvalue weighted by molar-refractivity contribution is 5.78. The molecule has 1 heterocycles. The van der Waals surface area contributed by atoms with Crippen molar-refractivity contribution in [3.05, 3.63) is 18.1 Å². The van der Waals surface area contributed by atoms with E-state index < -0.39 is 0 Å². The zero-order chi connectivity index (χ0) is 14.5. The third-order valence-electron chi connectivity index (χ3n) is 3.98. The van der Waals surface area contributed by atoms with Gasteiger partial charge in [0, 0.05) is 30.8 Å². The molecule has 1 fully saturated rings. The van der Waals surface area contributed by atoms with Crippen LogP contribution in [0.1, 0.15) is 51.1 Å². The van der Waals surface area contributed by atoms with Gasteiger partial charge in [0.1, 0.15) is 12.1 Å². The molecule has 5 heteroatoms. The largest absolute Gasteiger partial charge is 0.367 e. The van der Waals surface area contributed by atoms with Crippen LogP contribution >= 0.6 is 0 Å². The fraction of sp³-hybridized carbons (Fsp3) is 0.667. The van der Waals surface area contributed by atoms with Gasteiger partial charge in [-0.3, -0.25) is 4.79 Å². The van der Waals surface area contributed by atoms with Gasteiger partial charge in [0.15, 0.2) is 0 Å². The Bertz CT molecular complexity index is 453. The summed E-state index contributed by atoms with van der Waals surface area (Å²) in [5, 5.41) is 6.21. The van der Waals surface area contributed by atoms with Gasteiger partial charge in [0.25, 0.3) is 0 Å². The average Bonchev–Trinajstić information content (AvgIpc) is 2.47. The highest BCUT2D eigenvalue weighted by Gasteiger charge is 2.25. The number of hydrogen-bond acceptors (Lipinski definition) is 4. The maximum Gasteiger partial charge on any atom is 0.222 e. The van der Waals surface area contributed by atoms with E-state index in [2.05, 4.69) is 34.4 Å². The van der Waals surface area contributed by atoms with E-state index in [1.54, 1.807) is 13.4 Å². The molecule has 0 aliphatic heterocycles. The number of nitrogens with one attached hydrogen (secondary N) is 2. The van der Waals surface area contributed by atoms with Gasteiger partial charge in [-0.1, -0.05) is 13.8 Å². The molecular weight excluding hydrogens is 252 g/mol. The Morgan fingerprint density at radius 2 is 1.95 bits per heavy atom. The molecule has 0 aromatic carbocycles. The molecule has 0 unspecified atom stereocenters. The van der Waals surface area contributed by atoms with Crippen LogP contribution in [0.2, 0.25) is 0 Å². The van der Waals surface area contributed by atoms with Crippen LogP contribution in [0.5, 0.6) is 0 Å². The minimum atomic E-state index is 0.174. The number of carbonyl (C=O) groups excluding carboxylic acids is 1. The third kappa shape index (κ3) is 3.68. The van der Waals surface area contributed by atoms with Crippen molar-refractivity contribution < 1.29 is 4.79 Å². The first-order chi connectivity index (χ1) is 9.60. The Kier molecular flexibility index (Phi) is 4.93. The summed E-state index contributed by atoms with van der Waals surface area (Å²) in [4.78, 5) is 20.2. The molecule has 0 atom stereocenters. The van der Waals surface area contributed by atoms with E-state index in [4.69, 9.17) is 0 Å². The second-order valence-electron chi connectivity index (χ2n) is 5.79. The second-order valence-corrected chi connectivity index (χ2v) is 5.79. The molecule has 0 saturated heterocycles. The summed E-state index contributed by atoms with van der Waals surface area (Å²) in [5.41, 5.74) is 1.06. The van der Waals surface area contributed by atoms with E-state index in [0.29, 0.717) is 12.0 Å². The van der Waals surface area contributed by atoms with Crippen molar-refractivity contribution in [1.82, 2.24) is 15.3 Å². The minimum absolute atomic E-state index is 0.174. The molecule has 20 heavy (non-hydrogen) atoms. The first kappa shape index (κ1) is 14.8. The molecule has 5 nitrogen and oxygen atoms in total. The monoisotopic (exact) mass is 276 g/mol. The molecule has 1 aromatic heterocycles. The average molecular weight is 276 g/mol. The Balaban J connectivity index is 1.89. The fourth-order valence-corrected chi connectivity index (χ4v) is 2.68. The highest BCUT2D eigenvalue weighted by atomic mass is 16.1. The van der Waals surface area contributed by atoms with Crippen molar-refractivity contribution in [2.75, 3.05) is 12.4 Å². The molecule has 2 rings (SSSR count). The van der Waals surface area contributed by atoms with Crippen molar-refractivity contribution in [3.8, 4) is 0 Å². The van der Waals surface area contributed by atoms with E-state index in [1.807, 2.05) is 6.07 Å². The first-order valence-corrected chi connectivity index (χ1v) is 7.40. The van der Waals surface area contributed by atoms with Crippen LogP contribution in [-0.4, -0.2) is 29.0 Å². The smallest absolute Gasteiger partial charge is 0.222 e. The number of nitrogens with zero attached hydrogens (tertiary/aromatic N) is 2. The summed E-state index contributed by atoms with van der Waals surface area (Å²) >= 11 is 0. The predicted octanol–water partition coefficient (Wildman–Crippen LogP) is 2.32. The molecule has 1 aliphatic rings. The molecule has 0 bridgehead atoms. The normalized spacial score (nSPS) is 22.6. The van der Waals surface area contributed by atoms with Crippen LogP contribution in [-0.2, 0) is 4.79 Å². The third-order valence-corrected chi connectivity index (χ3v) is 3.98. The maximum absolute atomic E-state index is 11.6. The number of amides is 1. The van der Waals surface area contributed by atoms with E-state index in [1.165, 1.54) is 0 Å². The lowest BCUT2D eigenvalue weighted by Gasteiger charge is -2.28. The van der Waals surface area contributed by atoms with Crippen LogP contribution in [0.3, 0.4) is 0 Å². The number of carbonyl (C=O) groups is 1. The topological polar surface area (TPSA) is 66.9 Å². The quantitative estimate of drug-likeness (QED) is 0.885. The Labute approximate surface area is 120 Å². The standard InChI is InChI=1S/C15H24N4O/c1-10(2)13-8-14(18-9-17-13)19-12-6-4-11(5-7-12)15(20)16-3/h8-12H,4-7H2,1-3H3,(H,16,20)(H,17,18,19). The van der Waals surface area contributed by atoms with E-state index in [0.717, 1.165) is 37.2 Å². The SMILES string of the molecule is CNC(=O)C1CCC(Nc2cc(C(C)C)ncn2)CC1. The van der Waals surface area contributed by atoms with E-state index in [9.17, 15) is 4.79 Å². The molecule has 1 aliphatic carbocycles. The Hall–Kier alpha value is -1.65. The molecule has 1 aromatic rings. The molecule has 1 amide bonds. The minimum Gasteiger partial charge on any atom is -0.367 e. The number of anilines is 1. The van der Waals surface area contributed by atoms with Gasteiger partial charge >= 0.3 is 0 Å². The summed E-state index contributed by atoms with van der Waals surface area (Å²) in [7, 11) is 1.71. The molecule has 1 saturated carbocycles. The molecular formula is C15H24N4O. The molecule has 0 radical (unpaired) electrons. The van der Waals surface area contributed by atoms with Gasteiger partial charge in [0.2, 0.25) is 5.91 Å². The van der Waals surface area contributed by atoms with Crippen LogP contribution in [0.4, 0.5) is 5.82 Å². The van der Waals surface area contributed by atoms with Gasteiger partial charge in [-0.2, -0.15) is 0 Å². The zero-order valence-electron chi connectivity index (χ0n) is 12.5. The van der Waals surface area contributed by atoms with Crippen LogP contribution in [0.25, 0.3) is 0 Å². The summed E-state index contributed by atoms with van der Waals surface area (Å²) < 4.78 is 0. The van der Waals surface area contributed by atoms with Gasteiger partial charge in [0.05, 0.1) is 0 Å². The van der Waals surface area contributed by atoms with Gasteiger partial charge in [-0.25, -0.2) is 9.97 Å². The summed E-state index contributed by atoms with van der Waals surface area (Å²) in [6.45, 7) is 4.25. The van der Waals surface area contributed by atoms with E-state index >= 15 is 0 Å². The molecule has 2 N–H and O–H groups in total. The van der Waals surface area contributed by atoms with Gasteiger partial charge < -0.3 is 10.6 Å². The predicted molar refractivity (Wildman–Crippen MR) is 79.6 cm³/mol. The number of rotatable bonds is 4. The lowest BCUT2D eigenvalue weighted by atomic mass is 9.85. The molecule has 0 spiro atoms. The maximum atomic E-state index is 11.6. The number of aromatic nitrogens is 2. The fourth-order valence-electron chi connectivity index (χ4n) is 2.68. The highest BCUT2D eigenvalue weighted by Crippen LogP contribution is 2.26. The zero-order valence-corrected chi connectivity index (χ0v) is 12.5. The first-order valence-electron chi connectivity index (χ1n) is 7.40. The Morgan fingerprint density at radius 3 is 2.55 bits per heavy atom. The van der Waals surface area contributed by atoms with Crippen molar-refractivity contribution in [2.24, 2.45) is 5.92 Å². The van der Waals surface area contributed by atoms with Crippen LogP contribution in [0, 0.1) is 5.92 Å².